The van der Waals surface area contributed by atoms with Crippen molar-refractivity contribution in [2.45, 2.75) is 43.0 Å². The molecule has 0 spiro atoms. The van der Waals surface area contributed by atoms with Crippen LogP contribution in [0.4, 0.5) is 5.69 Å². The number of benzene rings is 2. The Labute approximate surface area is 148 Å². The predicted octanol–water partition coefficient (Wildman–Crippen LogP) is 3.55. The molecule has 0 aromatic heterocycles. The Bertz CT molecular complexity index is 812. The van der Waals surface area contributed by atoms with E-state index in [0.29, 0.717) is 11.3 Å². The molecule has 6 heteroatoms. The fourth-order valence-electron chi connectivity index (χ4n) is 3.02. The Kier molecular flexibility index (Phi) is 5.50. The van der Waals surface area contributed by atoms with Crippen molar-refractivity contribution in [1.29, 1.82) is 0 Å². The van der Waals surface area contributed by atoms with Crippen LogP contribution in [0.5, 0.6) is 0 Å². The third-order valence-electron chi connectivity index (χ3n) is 4.39. The van der Waals surface area contributed by atoms with Crippen LogP contribution < -0.4 is 10.0 Å². The van der Waals surface area contributed by atoms with Gasteiger partial charge in [0.1, 0.15) is 0 Å². The maximum absolute atomic E-state index is 12.5. The van der Waals surface area contributed by atoms with Crippen molar-refractivity contribution in [3.05, 3.63) is 60.2 Å². The molecule has 1 aliphatic rings. The summed E-state index contributed by atoms with van der Waals surface area (Å²) in [6.45, 7) is 0. The first-order valence-corrected chi connectivity index (χ1v) is 10.0. The molecule has 0 unspecified atom stereocenters. The van der Waals surface area contributed by atoms with E-state index in [1.54, 1.807) is 36.4 Å². The van der Waals surface area contributed by atoms with Gasteiger partial charge in [0.2, 0.25) is 10.0 Å². The van der Waals surface area contributed by atoms with Crippen LogP contribution in [0.3, 0.4) is 0 Å². The summed E-state index contributed by atoms with van der Waals surface area (Å²) in [6.07, 6.45) is 5.10. The molecule has 5 nitrogen and oxygen atoms in total. The van der Waals surface area contributed by atoms with Crippen LogP contribution in [-0.4, -0.2) is 20.4 Å². The highest BCUT2D eigenvalue weighted by Gasteiger charge is 2.21. The van der Waals surface area contributed by atoms with Crippen molar-refractivity contribution < 1.29 is 13.2 Å². The van der Waals surface area contributed by atoms with E-state index in [1.807, 2.05) is 6.07 Å². The van der Waals surface area contributed by atoms with Gasteiger partial charge in [-0.15, -0.1) is 0 Å². The average Bonchev–Trinajstić information content (AvgIpc) is 2.63. The zero-order valence-electron chi connectivity index (χ0n) is 13.9. The predicted molar refractivity (Wildman–Crippen MR) is 98.0 cm³/mol. The number of hydrogen-bond acceptors (Lipinski definition) is 3. The van der Waals surface area contributed by atoms with Gasteiger partial charge in [0.25, 0.3) is 5.91 Å². The molecular formula is C19H22N2O3S. The third-order valence-corrected chi connectivity index (χ3v) is 5.92. The zero-order valence-corrected chi connectivity index (χ0v) is 14.8. The van der Waals surface area contributed by atoms with Crippen LogP contribution in [0.25, 0.3) is 0 Å². The number of rotatable bonds is 5. The summed E-state index contributed by atoms with van der Waals surface area (Å²) in [4.78, 5) is 12.3. The highest BCUT2D eigenvalue weighted by molar-refractivity contribution is 7.89. The molecule has 0 radical (unpaired) electrons. The monoisotopic (exact) mass is 358 g/mol. The lowest BCUT2D eigenvalue weighted by molar-refractivity contribution is 0.102. The van der Waals surface area contributed by atoms with Crippen LogP contribution in [-0.2, 0) is 10.0 Å². The Morgan fingerprint density at radius 3 is 2.16 bits per heavy atom. The molecule has 0 heterocycles. The molecule has 1 amide bonds. The lowest BCUT2D eigenvalue weighted by atomic mass is 9.96. The van der Waals surface area contributed by atoms with Gasteiger partial charge in [-0.05, 0) is 49.2 Å². The minimum Gasteiger partial charge on any atom is -0.322 e. The minimum atomic E-state index is -3.52. The second-order valence-electron chi connectivity index (χ2n) is 6.30. The molecule has 0 aliphatic heterocycles. The summed E-state index contributed by atoms with van der Waals surface area (Å²) in [7, 11) is -3.52. The van der Waals surface area contributed by atoms with Gasteiger partial charge in [-0.1, -0.05) is 37.5 Å². The van der Waals surface area contributed by atoms with Gasteiger partial charge in [-0.2, -0.15) is 0 Å². The van der Waals surface area contributed by atoms with Gasteiger partial charge in [0.05, 0.1) is 4.90 Å². The van der Waals surface area contributed by atoms with Crippen molar-refractivity contribution >= 4 is 21.6 Å². The normalized spacial score (nSPS) is 15.7. The van der Waals surface area contributed by atoms with Crippen LogP contribution >= 0.6 is 0 Å². The quantitative estimate of drug-likeness (QED) is 0.858. The number of amides is 1. The highest BCUT2D eigenvalue weighted by Crippen LogP contribution is 2.21. The van der Waals surface area contributed by atoms with E-state index in [1.165, 1.54) is 18.6 Å². The molecule has 0 atom stereocenters. The molecule has 1 aliphatic carbocycles. The standard InChI is InChI=1S/C19H22N2O3S/c22-19(15-7-3-1-4-8-15)20-16-11-13-18(14-12-16)25(23,24)21-17-9-5-2-6-10-17/h1,3-4,7-8,11-14,17,21H,2,5-6,9-10H2,(H,20,22). The van der Waals surface area contributed by atoms with E-state index in [2.05, 4.69) is 10.0 Å². The smallest absolute Gasteiger partial charge is 0.255 e. The first-order chi connectivity index (χ1) is 12.0. The SMILES string of the molecule is O=C(Nc1ccc(S(=O)(=O)NC2CCCCC2)cc1)c1ccccc1. The van der Waals surface area contributed by atoms with Crippen LogP contribution in [0.1, 0.15) is 42.5 Å². The Hall–Kier alpha value is -2.18. The van der Waals surface area contributed by atoms with E-state index >= 15 is 0 Å². The molecule has 1 saturated carbocycles. The van der Waals surface area contributed by atoms with Crippen LogP contribution in [0, 0.1) is 0 Å². The number of hydrogen-bond donors (Lipinski definition) is 2. The van der Waals surface area contributed by atoms with Gasteiger partial charge in [-0.3, -0.25) is 4.79 Å². The van der Waals surface area contributed by atoms with E-state index in [4.69, 9.17) is 0 Å². The van der Waals surface area contributed by atoms with Gasteiger partial charge < -0.3 is 5.32 Å². The summed E-state index contributed by atoms with van der Waals surface area (Å²) in [5, 5.41) is 2.76. The van der Waals surface area contributed by atoms with E-state index in [9.17, 15) is 13.2 Å². The Balaban J connectivity index is 1.66. The fraction of sp³-hybridized carbons (Fsp3) is 0.316. The molecule has 2 N–H and O–H groups in total. The number of anilines is 1. The summed E-state index contributed by atoms with van der Waals surface area (Å²) >= 11 is 0. The average molecular weight is 358 g/mol. The van der Waals surface area contributed by atoms with E-state index < -0.39 is 10.0 Å². The first kappa shape index (κ1) is 17.6. The molecule has 0 saturated heterocycles. The molecule has 2 aromatic carbocycles. The zero-order chi connectivity index (χ0) is 17.7. The summed E-state index contributed by atoms with van der Waals surface area (Å²) < 4.78 is 27.7. The molecule has 0 bridgehead atoms. The lowest BCUT2D eigenvalue weighted by Crippen LogP contribution is -2.36. The summed E-state index contributed by atoms with van der Waals surface area (Å²) in [5.41, 5.74) is 1.11. The van der Waals surface area contributed by atoms with Gasteiger partial charge in [0.15, 0.2) is 0 Å². The van der Waals surface area contributed by atoms with Gasteiger partial charge in [0, 0.05) is 17.3 Å². The Morgan fingerprint density at radius 2 is 1.52 bits per heavy atom. The summed E-state index contributed by atoms with van der Waals surface area (Å²) in [5.74, 6) is -0.225. The summed E-state index contributed by atoms with van der Waals surface area (Å²) in [6, 6.07) is 15.2. The topological polar surface area (TPSA) is 75.3 Å². The Morgan fingerprint density at radius 1 is 0.880 bits per heavy atom. The minimum absolute atomic E-state index is 0.0243. The molecule has 25 heavy (non-hydrogen) atoms. The second kappa shape index (κ2) is 7.80. The molecule has 1 fully saturated rings. The number of nitrogens with one attached hydrogen (secondary N) is 2. The van der Waals surface area contributed by atoms with Gasteiger partial charge >= 0.3 is 0 Å². The molecule has 3 rings (SSSR count). The van der Waals surface area contributed by atoms with E-state index in [-0.39, 0.29) is 16.8 Å². The number of carbonyl (C=O) groups excluding carboxylic acids is 1. The molecule has 132 valence electrons. The molecule has 2 aromatic rings. The van der Waals surface area contributed by atoms with Crippen LogP contribution in [0.2, 0.25) is 0 Å². The van der Waals surface area contributed by atoms with Crippen molar-refractivity contribution in [2.24, 2.45) is 0 Å². The largest absolute Gasteiger partial charge is 0.322 e. The lowest BCUT2D eigenvalue weighted by Gasteiger charge is -2.22. The first-order valence-electron chi connectivity index (χ1n) is 8.53. The van der Waals surface area contributed by atoms with Crippen molar-refractivity contribution in [3.8, 4) is 0 Å². The molecular weight excluding hydrogens is 336 g/mol. The van der Waals surface area contributed by atoms with Crippen molar-refractivity contribution in [1.82, 2.24) is 4.72 Å². The van der Waals surface area contributed by atoms with Crippen molar-refractivity contribution in [2.75, 3.05) is 5.32 Å². The van der Waals surface area contributed by atoms with Gasteiger partial charge in [-0.25, -0.2) is 13.1 Å². The third kappa shape index (κ3) is 4.67. The van der Waals surface area contributed by atoms with Crippen LogP contribution in [0.15, 0.2) is 59.5 Å². The maximum atomic E-state index is 12.5. The highest BCUT2D eigenvalue weighted by atomic mass is 32.2. The number of sulfonamides is 1. The maximum Gasteiger partial charge on any atom is 0.255 e. The second-order valence-corrected chi connectivity index (χ2v) is 8.01. The van der Waals surface area contributed by atoms with E-state index in [0.717, 1.165) is 25.7 Å². The number of carbonyl (C=O) groups is 1. The fourth-order valence-corrected chi connectivity index (χ4v) is 4.32. The van der Waals surface area contributed by atoms with Crippen molar-refractivity contribution in [3.63, 3.8) is 0 Å².